The van der Waals surface area contributed by atoms with Gasteiger partial charge < -0.3 is 10.8 Å². The Kier molecular flexibility index (Phi) is 3.00. The number of carbonyl (C=O) groups is 1. The van der Waals surface area contributed by atoms with E-state index in [1.54, 1.807) is 0 Å². The third-order valence-electron chi connectivity index (χ3n) is 2.43. The van der Waals surface area contributed by atoms with Gasteiger partial charge in [-0.2, -0.15) is 8.42 Å². The summed E-state index contributed by atoms with van der Waals surface area (Å²) in [7, 11) is -4.18. The van der Waals surface area contributed by atoms with E-state index in [-0.39, 0.29) is 11.4 Å². The topological polar surface area (TPSA) is 141 Å². The summed E-state index contributed by atoms with van der Waals surface area (Å²) >= 11 is 0. The summed E-state index contributed by atoms with van der Waals surface area (Å²) in [5.41, 5.74) is 5.59. The molecule has 5 N–H and O–H groups in total. The maximum Gasteiger partial charge on any atom is 0.354 e. The molecule has 0 fully saturated rings. The molecule has 0 spiro atoms. The zero-order valence-electron chi connectivity index (χ0n) is 9.52. The van der Waals surface area contributed by atoms with Crippen molar-refractivity contribution in [1.29, 1.82) is 0 Å². The molecule has 0 atom stereocenters. The smallest absolute Gasteiger partial charge is 0.354 e. The van der Waals surface area contributed by atoms with Gasteiger partial charge in [-0.1, -0.05) is 0 Å². The fourth-order valence-corrected chi connectivity index (χ4v) is 2.29. The fraction of sp³-hybridized carbons (Fsp3) is 0. The molecule has 2 aromatic heterocycles. The summed E-state index contributed by atoms with van der Waals surface area (Å²) < 4.78 is 23.1. The first-order valence-corrected chi connectivity index (χ1v) is 6.51. The lowest BCUT2D eigenvalue weighted by atomic mass is 10.1. The zero-order valence-corrected chi connectivity index (χ0v) is 10.3. The van der Waals surface area contributed by atoms with Gasteiger partial charge in [0.2, 0.25) is 0 Å². The number of hydrogen-bond donors (Lipinski definition) is 3. The number of anilines is 1. The number of aromatic carboxylic acids is 1. The number of nitrogen functional groups attached to an aromatic ring is 1. The van der Waals surface area contributed by atoms with Crippen LogP contribution < -0.4 is 10.9 Å². The molecule has 0 aromatic carbocycles. The molecule has 0 radical (unpaired) electrons. The second-order valence-corrected chi connectivity index (χ2v) is 5.12. The van der Waals surface area contributed by atoms with Gasteiger partial charge in [0.1, 0.15) is 5.82 Å². The first kappa shape index (κ1) is 13.1. The quantitative estimate of drug-likeness (QED) is 0.716. The van der Waals surface area contributed by atoms with Crippen LogP contribution in [0.3, 0.4) is 0 Å². The number of rotatable bonds is 3. The fourth-order valence-electron chi connectivity index (χ4n) is 1.63. The van der Waals surface area contributed by atoms with Gasteiger partial charge in [0.05, 0.1) is 0 Å². The zero-order chi connectivity index (χ0) is 14.2. The van der Waals surface area contributed by atoms with E-state index in [2.05, 4.69) is 4.98 Å². The summed E-state index contributed by atoms with van der Waals surface area (Å²) in [5, 5.41) is 14.1. The predicted molar refractivity (Wildman–Crippen MR) is 67.5 cm³/mol. The average molecular weight is 282 g/mol. The van der Waals surface area contributed by atoms with E-state index in [1.807, 2.05) is 0 Å². The summed E-state index contributed by atoms with van der Waals surface area (Å²) in [6, 6.07) is 4.36. The number of carboxylic acids is 1. The molecule has 0 amide bonds. The lowest BCUT2D eigenvalue weighted by molar-refractivity contribution is 0.0690. The predicted octanol–water partition coefficient (Wildman–Crippen LogP) is -0.118. The van der Waals surface area contributed by atoms with Crippen LogP contribution in [0.25, 0.3) is 11.1 Å². The first-order valence-electron chi connectivity index (χ1n) is 5.00. The van der Waals surface area contributed by atoms with Crippen molar-refractivity contribution >= 4 is 22.0 Å². The number of carboxylic acid groups (broad SMARTS) is 1. The van der Waals surface area contributed by atoms with Gasteiger partial charge >= 0.3 is 16.2 Å². The lowest BCUT2D eigenvalue weighted by Gasteiger charge is -2.05. The van der Waals surface area contributed by atoms with Crippen molar-refractivity contribution in [2.45, 2.75) is 0 Å². The molecule has 0 unspecified atom stereocenters. The van der Waals surface area contributed by atoms with Crippen LogP contribution in [-0.4, -0.2) is 28.5 Å². The molecule has 2 aromatic rings. The maximum absolute atomic E-state index is 11.3. The summed E-state index contributed by atoms with van der Waals surface area (Å²) in [5.74, 6) is -1.14. The molecule has 2 rings (SSSR count). The van der Waals surface area contributed by atoms with Crippen LogP contribution in [-0.2, 0) is 10.2 Å². The van der Waals surface area contributed by atoms with Crippen molar-refractivity contribution in [2.75, 3.05) is 5.73 Å². The van der Waals surface area contributed by atoms with Crippen molar-refractivity contribution < 1.29 is 18.3 Å². The molecule has 19 heavy (non-hydrogen) atoms. The van der Waals surface area contributed by atoms with Gasteiger partial charge in [-0.25, -0.2) is 18.9 Å². The Morgan fingerprint density at radius 2 is 2.00 bits per heavy atom. The standard InChI is InChI=1S/C10H10N4O4S/c11-8-2-1-6(5-13-8)7-3-4-14(19(12,17)18)9(7)10(15)16/h1-5H,(H2,11,13)(H,15,16)(H2,12,17,18). The minimum atomic E-state index is -4.18. The van der Waals surface area contributed by atoms with Crippen LogP contribution in [0.5, 0.6) is 0 Å². The molecule has 0 saturated heterocycles. The second-order valence-electron chi connectivity index (χ2n) is 3.70. The number of nitrogens with two attached hydrogens (primary N) is 2. The highest BCUT2D eigenvalue weighted by molar-refractivity contribution is 7.87. The van der Waals surface area contributed by atoms with Gasteiger partial charge in [-0.05, 0) is 18.2 Å². The van der Waals surface area contributed by atoms with Crippen LogP contribution in [0.1, 0.15) is 10.5 Å². The highest BCUT2D eigenvalue weighted by Crippen LogP contribution is 2.25. The molecule has 9 heteroatoms. The summed E-state index contributed by atoms with van der Waals surface area (Å²) in [4.78, 5) is 15.0. The van der Waals surface area contributed by atoms with E-state index in [9.17, 15) is 13.2 Å². The Hall–Kier alpha value is -2.39. The van der Waals surface area contributed by atoms with Crippen LogP contribution in [0.2, 0.25) is 0 Å². The van der Waals surface area contributed by atoms with E-state index in [0.717, 1.165) is 6.20 Å². The summed E-state index contributed by atoms with van der Waals surface area (Å²) in [6.45, 7) is 0. The van der Waals surface area contributed by atoms with Gasteiger partial charge in [-0.3, -0.25) is 0 Å². The minimum absolute atomic E-state index is 0.189. The van der Waals surface area contributed by atoms with Crippen LogP contribution in [0.4, 0.5) is 5.82 Å². The average Bonchev–Trinajstić information content (AvgIpc) is 2.74. The molecule has 2 heterocycles. The van der Waals surface area contributed by atoms with E-state index < -0.39 is 21.9 Å². The second kappa shape index (κ2) is 4.37. The SMILES string of the molecule is Nc1ccc(-c2ccn(S(N)(=O)=O)c2C(=O)O)cn1. The minimum Gasteiger partial charge on any atom is -0.477 e. The lowest BCUT2D eigenvalue weighted by Crippen LogP contribution is -2.24. The molecular formula is C10H10N4O4S. The van der Waals surface area contributed by atoms with Crippen molar-refractivity contribution in [3.8, 4) is 11.1 Å². The maximum atomic E-state index is 11.3. The molecule has 100 valence electrons. The van der Waals surface area contributed by atoms with Crippen LogP contribution in [0.15, 0.2) is 30.6 Å². The molecule has 0 saturated carbocycles. The highest BCUT2D eigenvalue weighted by atomic mass is 32.2. The number of aromatic nitrogens is 2. The van der Waals surface area contributed by atoms with E-state index in [4.69, 9.17) is 16.0 Å². The van der Waals surface area contributed by atoms with E-state index >= 15 is 0 Å². The van der Waals surface area contributed by atoms with E-state index in [1.165, 1.54) is 24.4 Å². The largest absolute Gasteiger partial charge is 0.477 e. The highest BCUT2D eigenvalue weighted by Gasteiger charge is 2.22. The monoisotopic (exact) mass is 282 g/mol. The van der Waals surface area contributed by atoms with Gasteiger partial charge in [-0.15, -0.1) is 0 Å². The van der Waals surface area contributed by atoms with Gasteiger partial charge in [0, 0.05) is 23.5 Å². The molecule has 0 aliphatic heterocycles. The Labute approximate surface area is 108 Å². The molecule has 0 aliphatic rings. The van der Waals surface area contributed by atoms with Crippen LogP contribution in [0, 0.1) is 0 Å². The first-order chi connectivity index (χ1) is 8.80. The molecule has 8 nitrogen and oxygen atoms in total. The molecular weight excluding hydrogens is 272 g/mol. The van der Waals surface area contributed by atoms with Crippen molar-refractivity contribution in [1.82, 2.24) is 8.96 Å². The Balaban J connectivity index is 2.69. The van der Waals surface area contributed by atoms with Crippen molar-refractivity contribution in [3.63, 3.8) is 0 Å². The van der Waals surface area contributed by atoms with Crippen molar-refractivity contribution in [2.24, 2.45) is 5.14 Å². The Morgan fingerprint density at radius 1 is 1.32 bits per heavy atom. The molecule has 0 aliphatic carbocycles. The third-order valence-corrected chi connectivity index (χ3v) is 3.28. The van der Waals surface area contributed by atoms with E-state index in [0.29, 0.717) is 9.54 Å². The normalized spacial score (nSPS) is 11.4. The van der Waals surface area contributed by atoms with Crippen molar-refractivity contribution in [3.05, 3.63) is 36.3 Å². The number of pyridine rings is 1. The van der Waals surface area contributed by atoms with Crippen LogP contribution >= 0.6 is 0 Å². The van der Waals surface area contributed by atoms with Gasteiger partial charge in [0.15, 0.2) is 5.69 Å². The third kappa shape index (κ3) is 2.41. The number of hydrogen-bond acceptors (Lipinski definition) is 5. The number of nitrogens with zero attached hydrogens (tertiary/aromatic N) is 2. The molecule has 0 bridgehead atoms. The Morgan fingerprint density at radius 3 is 2.47 bits per heavy atom. The summed E-state index contributed by atoms with van der Waals surface area (Å²) in [6.07, 6.45) is 2.43. The van der Waals surface area contributed by atoms with Gasteiger partial charge in [0.25, 0.3) is 0 Å². The Bertz CT molecular complexity index is 733.